The Morgan fingerprint density at radius 2 is 2.04 bits per heavy atom. The first-order valence-corrected chi connectivity index (χ1v) is 9.01. The van der Waals surface area contributed by atoms with Gasteiger partial charge in [0.15, 0.2) is 0 Å². The Kier molecular flexibility index (Phi) is 5.35. The number of methoxy groups -OCH3 is 1. The molecular weight excluding hydrogens is 419 g/mol. The largest absolute Gasteiger partial charge is 0.465 e. The summed E-state index contributed by atoms with van der Waals surface area (Å²) in [7, 11) is 1.24. The Balaban J connectivity index is 1.81. The van der Waals surface area contributed by atoms with Crippen molar-refractivity contribution < 1.29 is 27.5 Å². The average molecular weight is 432 g/mol. The van der Waals surface area contributed by atoms with Crippen LogP contribution in [0.4, 0.5) is 18.9 Å². The summed E-state index contributed by atoms with van der Waals surface area (Å²) in [4.78, 5) is 24.1. The molecule has 0 saturated carbocycles. The minimum absolute atomic E-state index is 0.158. The van der Waals surface area contributed by atoms with Crippen LogP contribution in [0.3, 0.4) is 0 Å². The lowest BCUT2D eigenvalue weighted by molar-refractivity contribution is -0.144. The van der Waals surface area contributed by atoms with Crippen LogP contribution in [0.25, 0.3) is 10.1 Å². The molecule has 3 rings (SSSR count). The molecule has 28 heavy (non-hydrogen) atoms. The van der Waals surface area contributed by atoms with Crippen molar-refractivity contribution in [2.75, 3.05) is 12.4 Å². The van der Waals surface area contributed by atoms with Gasteiger partial charge in [0.05, 0.1) is 17.8 Å². The van der Waals surface area contributed by atoms with Crippen LogP contribution in [0.5, 0.6) is 0 Å². The van der Waals surface area contributed by atoms with Gasteiger partial charge in [-0.25, -0.2) is 4.79 Å². The third-order valence-corrected chi connectivity index (χ3v) is 5.41. The van der Waals surface area contributed by atoms with Gasteiger partial charge in [0.25, 0.3) is 0 Å². The van der Waals surface area contributed by atoms with Crippen molar-refractivity contribution in [3.05, 3.63) is 45.6 Å². The molecule has 0 unspecified atom stereocenters. The fourth-order valence-corrected chi connectivity index (χ4v) is 4.06. The second-order valence-corrected chi connectivity index (χ2v) is 7.25. The van der Waals surface area contributed by atoms with Crippen LogP contribution >= 0.6 is 22.9 Å². The first-order valence-electron chi connectivity index (χ1n) is 7.82. The first-order chi connectivity index (χ1) is 13.1. The number of carbonyl (C=O) groups excluding carboxylic acids is 2. The van der Waals surface area contributed by atoms with Gasteiger partial charge in [0, 0.05) is 15.8 Å². The van der Waals surface area contributed by atoms with Crippen molar-refractivity contribution in [2.24, 2.45) is 0 Å². The summed E-state index contributed by atoms with van der Waals surface area (Å²) in [6.45, 7) is 0.816. The number of hydrogen-bond donors (Lipinski definition) is 1. The molecule has 2 heterocycles. The third-order valence-electron chi connectivity index (χ3n) is 3.77. The summed E-state index contributed by atoms with van der Waals surface area (Å²) in [6, 6.07) is 5.60. The molecule has 0 bridgehead atoms. The summed E-state index contributed by atoms with van der Waals surface area (Å²) in [5, 5.41) is 7.09. The van der Waals surface area contributed by atoms with E-state index in [0.717, 1.165) is 17.4 Å². The average Bonchev–Trinajstić information content (AvgIpc) is 3.14. The summed E-state index contributed by atoms with van der Waals surface area (Å²) in [6.07, 6.45) is -4.61. The third kappa shape index (κ3) is 3.97. The number of aromatic nitrogens is 2. The molecular formula is C17H13ClF3N3O3S. The van der Waals surface area contributed by atoms with E-state index in [0.29, 0.717) is 20.5 Å². The van der Waals surface area contributed by atoms with E-state index in [1.54, 1.807) is 18.2 Å². The van der Waals surface area contributed by atoms with Gasteiger partial charge in [-0.3, -0.25) is 9.48 Å². The molecule has 1 aromatic carbocycles. The molecule has 0 aliphatic rings. The molecule has 0 fully saturated rings. The lowest BCUT2D eigenvalue weighted by atomic mass is 10.2. The zero-order valence-electron chi connectivity index (χ0n) is 14.6. The number of nitrogens with one attached hydrogen (secondary N) is 1. The molecule has 0 aliphatic heterocycles. The highest BCUT2D eigenvalue weighted by atomic mass is 35.5. The number of thiophene rings is 1. The van der Waals surface area contributed by atoms with Crippen molar-refractivity contribution >= 4 is 50.6 Å². The first kappa shape index (κ1) is 20.2. The molecule has 0 atom stereocenters. The summed E-state index contributed by atoms with van der Waals surface area (Å²) in [5.41, 5.74) is -0.488. The van der Waals surface area contributed by atoms with Crippen molar-refractivity contribution in [1.29, 1.82) is 0 Å². The van der Waals surface area contributed by atoms with Crippen LogP contribution in [-0.4, -0.2) is 28.8 Å². The van der Waals surface area contributed by atoms with E-state index in [9.17, 15) is 22.8 Å². The number of aryl methyl sites for hydroxylation is 1. The number of alkyl halides is 3. The van der Waals surface area contributed by atoms with Gasteiger partial charge in [-0.15, -0.1) is 11.3 Å². The van der Waals surface area contributed by atoms with E-state index in [-0.39, 0.29) is 15.6 Å². The van der Waals surface area contributed by atoms with Crippen molar-refractivity contribution in [1.82, 2.24) is 9.78 Å². The molecule has 1 amide bonds. The highest BCUT2D eigenvalue weighted by molar-refractivity contribution is 7.21. The number of nitrogens with zero attached hydrogens (tertiary/aromatic N) is 2. The lowest BCUT2D eigenvalue weighted by Gasteiger charge is -2.10. The van der Waals surface area contributed by atoms with Crippen LogP contribution < -0.4 is 5.32 Å². The minimum atomic E-state index is -4.61. The van der Waals surface area contributed by atoms with E-state index in [1.165, 1.54) is 14.0 Å². The number of hydrogen-bond acceptors (Lipinski definition) is 5. The van der Waals surface area contributed by atoms with Crippen LogP contribution in [0.1, 0.15) is 21.1 Å². The number of fused-ring (bicyclic) bond motifs is 1. The summed E-state index contributed by atoms with van der Waals surface area (Å²) in [5.74, 6) is -1.26. The Labute approximate surface area is 165 Å². The highest BCUT2D eigenvalue weighted by Gasteiger charge is 2.35. The van der Waals surface area contributed by atoms with Crippen molar-refractivity contribution in [2.45, 2.75) is 19.6 Å². The Bertz CT molecular complexity index is 1070. The van der Waals surface area contributed by atoms with Crippen molar-refractivity contribution in [3.8, 4) is 0 Å². The zero-order valence-corrected chi connectivity index (χ0v) is 16.1. The smallest absolute Gasteiger partial charge is 0.433 e. The fraction of sp³-hybridized carbons (Fsp3) is 0.235. The molecule has 6 nitrogen and oxygen atoms in total. The highest BCUT2D eigenvalue weighted by Crippen LogP contribution is 2.37. The molecule has 0 spiro atoms. The number of benzene rings is 1. The number of halogens is 4. The monoisotopic (exact) mass is 431 g/mol. The van der Waals surface area contributed by atoms with Gasteiger partial charge in [0.2, 0.25) is 5.91 Å². The van der Waals surface area contributed by atoms with E-state index in [4.69, 9.17) is 11.6 Å². The van der Waals surface area contributed by atoms with Crippen molar-refractivity contribution in [3.63, 3.8) is 0 Å². The SMILES string of the molecule is COC(=O)c1sc2cc(NC(=O)Cn3nc(C)cc3C(F)(F)F)ccc2c1Cl. The van der Waals surface area contributed by atoms with Gasteiger partial charge >= 0.3 is 12.1 Å². The molecule has 3 aromatic rings. The summed E-state index contributed by atoms with van der Waals surface area (Å²) >= 11 is 7.25. The molecule has 1 N–H and O–H groups in total. The lowest BCUT2D eigenvalue weighted by Crippen LogP contribution is -2.23. The standard InChI is InChI=1S/C17H13ClF3N3O3S/c1-8-5-12(17(19,20)21)24(23-8)7-13(25)22-9-3-4-10-11(6-9)28-15(14(10)18)16(26)27-2/h3-6H,7H2,1-2H3,(H,22,25). The van der Waals surface area contributed by atoms with E-state index in [2.05, 4.69) is 15.2 Å². The van der Waals surface area contributed by atoms with Gasteiger partial charge in [0.1, 0.15) is 17.1 Å². The second-order valence-electron chi connectivity index (χ2n) is 5.82. The Hall–Kier alpha value is -2.59. The molecule has 0 radical (unpaired) electrons. The Morgan fingerprint density at radius 1 is 1.32 bits per heavy atom. The normalized spacial score (nSPS) is 11.6. The number of ether oxygens (including phenoxy) is 1. The van der Waals surface area contributed by atoms with Crippen LogP contribution in [-0.2, 0) is 22.3 Å². The molecule has 0 aliphatic carbocycles. The molecule has 148 valence electrons. The van der Waals surface area contributed by atoms with Gasteiger partial charge < -0.3 is 10.1 Å². The predicted molar refractivity (Wildman–Crippen MR) is 98.8 cm³/mol. The minimum Gasteiger partial charge on any atom is -0.465 e. The number of anilines is 1. The van der Waals surface area contributed by atoms with Gasteiger partial charge in [-0.05, 0) is 31.2 Å². The number of rotatable bonds is 4. The maximum Gasteiger partial charge on any atom is 0.433 e. The number of carbonyl (C=O) groups is 2. The molecule has 11 heteroatoms. The van der Waals surface area contributed by atoms with Crippen LogP contribution in [0, 0.1) is 6.92 Å². The maximum atomic E-state index is 13.0. The van der Waals surface area contributed by atoms with Gasteiger partial charge in [-0.2, -0.15) is 18.3 Å². The van der Waals surface area contributed by atoms with E-state index < -0.39 is 30.3 Å². The van der Waals surface area contributed by atoms with Crippen LogP contribution in [0.15, 0.2) is 24.3 Å². The predicted octanol–water partition coefficient (Wildman–Crippen LogP) is 4.50. The fourth-order valence-electron chi connectivity index (χ4n) is 2.60. The number of amides is 1. The van der Waals surface area contributed by atoms with E-state index >= 15 is 0 Å². The molecule has 0 saturated heterocycles. The quantitative estimate of drug-likeness (QED) is 0.617. The topological polar surface area (TPSA) is 73.2 Å². The second kappa shape index (κ2) is 7.44. The summed E-state index contributed by atoms with van der Waals surface area (Å²) < 4.78 is 44.9. The molecule has 2 aromatic heterocycles. The van der Waals surface area contributed by atoms with Crippen LogP contribution in [0.2, 0.25) is 5.02 Å². The zero-order chi connectivity index (χ0) is 20.6. The van der Waals surface area contributed by atoms with E-state index in [1.807, 2.05) is 0 Å². The number of esters is 1. The Morgan fingerprint density at radius 3 is 2.68 bits per heavy atom. The maximum absolute atomic E-state index is 13.0. The van der Waals surface area contributed by atoms with Gasteiger partial charge in [-0.1, -0.05) is 11.6 Å².